The maximum absolute atomic E-state index is 13.7. The van der Waals surface area contributed by atoms with Crippen LogP contribution in [0.5, 0.6) is 5.75 Å². The number of halogens is 2. The topological polar surface area (TPSA) is 78.3 Å². The molecule has 1 aromatic heterocycles. The van der Waals surface area contributed by atoms with E-state index < -0.39 is 27.0 Å². The molecule has 0 radical (unpaired) electrons. The highest BCUT2D eigenvalue weighted by molar-refractivity contribution is 7.90. The summed E-state index contributed by atoms with van der Waals surface area (Å²) in [6, 6.07) is 9.16. The van der Waals surface area contributed by atoms with Crippen molar-refractivity contribution >= 4 is 9.84 Å². The molecule has 30 heavy (non-hydrogen) atoms. The predicted octanol–water partition coefficient (Wildman–Crippen LogP) is 3.76. The molecule has 2 aromatic carbocycles. The van der Waals surface area contributed by atoms with Crippen molar-refractivity contribution in [2.45, 2.75) is 24.7 Å². The molecule has 0 fully saturated rings. The van der Waals surface area contributed by atoms with Crippen LogP contribution < -0.4 is 10.3 Å². The van der Waals surface area contributed by atoms with Crippen molar-refractivity contribution in [1.82, 2.24) is 9.78 Å². The quantitative estimate of drug-likeness (QED) is 0.529. The summed E-state index contributed by atoms with van der Waals surface area (Å²) in [4.78, 5) is 13.1. The van der Waals surface area contributed by atoms with Gasteiger partial charge in [0.1, 0.15) is 0 Å². The van der Waals surface area contributed by atoms with Gasteiger partial charge in [0.15, 0.2) is 27.2 Å². The van der Waals surface area contributed by atoms with Gasteiger partial charge in [-0.15, -0.1) is 0 Å². The van der Waals surface area contributed by atoms with E-state index in [-0.39, 0.29) is 34.1 Å². The van der Waals surface area contributed by atoms with Gasteiger partial charge in [-0.2, -0.15) is 9.78 Å². The number of hydrogen-bond acceptors (Lipinski definition) is 5. The summed E-state index contributed by atoms with van der Waals surface area (Å²) in [5.74, 6) is -2.29. The first kappa shape index (κ1) is 21.6. The number of hydrogen-bond donors (Lipinski definition) is 0. The number of sulfone groups is 1. The highest BCUT2D eigenvalue weighted by Gasteiger charge is 2.21. The van der Waals surface area contributed by atoms with Crippen molar-refractivity contribution < 1.29 is 21.9 Å². The van der Waals surface area contributed by atoms with Gasteiger partial charge in [-0.3, -0.25) is 4.79 Å². The molecule has 0 spiro atoms. The van der Waals surface area contributed by atoms with Gasteiger partial charge in [-0.25, -0.2) is 17.2 Å². The second-order valence-corrected chi connectivity index (χ2v) is 8.66. The first-order valence-electron chi connectivity index (χ1n) is 9.24. The highest BCUT2D eigenvalue weighted by Crippen LogP contribution is 2.32. The van der Waals surface area contributed by atoms with E-state index in [1.165, 1.54) is 18.3 Å². The zero-order chi connectivity index (χ0) is 21.9. The van der Waals surface area contributed by atoms with E-state index in [1.54, 1.807) is 18.2 Å². The predicted molar refractivity (Wildman–Crippen MR) is 109 cm³/mol. The Morgan fingerprint density at radius 1 is 1.07 bits per heavy atom. The Labute approximate surface area is 172 Å². The van der Waals surface area contributed by atoms with E-state index in [1.807, 2.05) is 6.92 Å². The minimum Gasteiger partial charge on any atom is -0.487 e. The summed E-state index contributed by atoms with van der Waals surface area (Å²) in [5.41, 5.74) is -0.218. The average Bonchev–Trinajstić information content (AvgIpc) is 2.71. The lowest BCUT2D eigenvalue weighted by molar-refractivity contribution is 0.304. The molecule has 0 bridgehead atoms. The highest BCUT2D eigenvalue weighted by atomic mass is 32.2. The molecule has 6 nitrogen and oxygen atoms in total. The lowest BCUT2D eigenvalue weighted by atomic mass is 10.1. The first-order valence-corrected chi connectivity index (χ1v) is 11.1. The summed E-state index contributed by atoms with van der Waals surface area (Å²) in [5, 5.41) is 4.05. The second kappa shape index (κ2) is 8.74. The van der Waals surface area contributed by atoms with E-state index in [0.29, 0.717) is 6.42 Å². The Hall–Kier alpha value is -3.07. The van der Waals surface area contributed by atoms with Gasteiger partial charge in [-0.1, -0.05) is 31.5 Å². The molecule has 0 N–H and O–H groups in total. The third kappa shape index (κ3) is 4.40. The van der Waals surface area contributed by atoms with Crippen LogP contribution in [0.1, 0.15) is 19.8 Å². The number of unbranched alkanes of at least 4 members (excludes halogenated alkanes) is 1. The number of aromatic nitrogens is 2. The van der Waals surface area contributed by atoms with Gasteiger partial charge in [0.25, 0.3) is 0 Å². The van der Waals surface area contributed by atoms with Crippen LogP contribution in [0.3, 0.4) is 0 Å². The molecule has 0 aliphatic carbocycles. The molecule has 0 aliphatic heterocycles. The van der Waals surface area contributed by atoms with Crippen LogP contribution >= 0.6 is 0 Å². The Morgan fingerprint density at radius 2 is 1.80 bits per heavy atom. The van der Waals surface area contributed by atoms with Crippen molar-refractivity contribution in [3.05, 3.63) is 70.6 Å². The van der Waals surface area contributed by atoms with Gasteiger partial charge < -0.3 is 4.74 Å². The standard InChI is InChI=1S/C21H20F2N2O4S/c1-3-4-11-29-20-16(15-7-5-6-8-19(15)30(2,27)28)13-24-25(21(20)26)14-9-10-17(22)18(23)12-14/h5-10,12-13H,3-4,11H2,1-2H3. The van der Waals surface area contributed by atoms with Gasteiger partial charge in [-0.05, 0) is 24.6 Å². The first-order chi connectivity index (χ1) is 14.2. The van der Waals surface area contributed by atoms with E-state index >= 15 is 0 Å². The summed E-state index contributed by atoms with van der Waals surface area (Å²) in [7, 11) is -3.59. The number of rotatable bonds is 7. The molecule has 3 aromatic rings. The molecule has 0 saturated carbocycles. The van der Waals surface area contributed by atoms with Crippen LogP contribution in [0, 0.1) is 11.6 Å². The monoisotopic (exact) mass is 434 g/mol. The maximum Gasteiger partial charge on any atom is 0.314 e. The van der Waals surface area contributed by atoms with E-state index in [2.05, 4.69) is 5.10 Å². The molecule has 3 rings (SSSR count). The van der Waals surface area contributed by atoms with Crippen molar-refractivity contribution in [2.24, 2.45) is 0 Å². The van der Waals surface area contributed by atoms with Crippen molar-refractivity contribution in [2.75, 3.05) is 12.9 Å². The SMILES string of the molecule is CCCCOc1c(-c2ccccc2S(C)(=O)=O)cnn(-c2ccc(F)c(F)c2)c1=O. The number of nitrogens with zero attached hydrogens (tertiary/aromatic N) is 2. The van der Waals surface area contributed by atoms with Gasteiger partial charge in [0.05, 0.1) is 29.0 Å². The number of ether oxygens (including phenoxy) is 1. The Bertz CT molecular complexity index is 1240. The molecule has 0 aliphatic rings. The zero-order valence-corrected chi connectivity index (χ0v) is 17.2. The van der Waals surface area contributed by atoms with Crippen molar-refractivity contribution in [3.63, 3.8) is 0 Å². The lowest BCUT2D eigenvalue weighted by Crippen LogP contribution is -2.24. The van der Waals surface area contributed by atoms with E-state index in [9.17, 15) is 22.0 Å². The summed E-state index contributed by atoms with van der Waals surface area (Å²) in [6.45, 7) is 2.18. The van der Waals surface area contributed by atoms with Gasteiger partial charge in [0, 0.05) is 17.9 Å². The summed E-state index contributed by atoms with van der Waals surface area (Å²) >= 11 is 0. The lowest BCUT2D eigenvalue weighted by Gasteiger charge is -2.15. The summed E-state index contributed by atoms with van der Waals surface area (Å²) in [6.07, 6.45) is 3.84. The molecule has 0 amide bonds. The van der Waals surface area contributed by atoms with Crippen LogP contribution in [0.25, 0.3) is 16.8 Å². The fraction of sp³-hybridized carbons (Fsp3) is 0.238. The normalized spacial score (nSPS) is 11.5. The largest absolute Gasteiger partial charge is 0.487 e. The third-order valence-corrected chi connectivity index (χ3v) is 5.56. The van der Waals surface area contributed by atoms with Gasteiger partial charge >= 0.3 is 5.56 Å². The van der Waals surface area contributed by atoms with Crippen molar-refractivity contribution in [1.29, 1.82) is 0 Å². The van der Waals surface area contributed by atoms with Crippen LogP contribution in [0.2, 0.25) is 0 Å². The minimum atomic E-state index is -3.59. The Balaban J connectivity index is 2.24. The Kier molecular flexibility index (Phi) is 6.31. The van der Waals surface area contributed by atoms with Crippen LogP contribution in [-0.2, 0) is 9.84 Å². The third-order valence-electron chi connectivity index (χ3n) is 4.40. The molecular weight excluding hydrogens is 414 g/mol. The van der Waals surface area contributed by atoms with Crippen LogP contribution in [-0.4, -0.2) is 31.1 Å². The average molecular weight is 434 g/mol. The van der Waals surface area contributed by atoms with Crippen LogP contribution in [0.15, 0.2) is 58.4 Å². The summed E-state index contributed by atoms with van der Waals surface area (Å²) < 4.78 is 58.0. The molecule has 9 heteroatoms. The van der Waals surface area contributed by atoms with Crippen LogP contribution in [0.4, 0.5) is 8.78 Å². The van der Waals surface area contributed by atoms with E-state index in [4.69, 9.17) is 4.74 Å². The molecule has 0 atom stereocenters. The molecular formula is C21H20F2N2O4S. The minimum absolute atomic E-state index is 0.0159. The number of benzene rings is 2. The Morgan fingerprint density at radius 3 is 2.47 bits per heavy atom. The molecule has 158 valence electrons. The fourth-order valence-electron chi connectivity index (χ4n) is 2.90. The maximum atomic E-state index is 13.7. The molecule has 1 heterocycles. The van der Waals surface area contributed by atoms with E-state index in [0.717, 1.165) is 29.5 Å². The zero-order valence-electron chi connectivity index (χ0n) is 16.4. The smallest absolute Gasteiger partial charge is 0.314 e. The second-order valence-electron chi connectivity index (χ2n) is 6.67. The molecule has 0 unspecified atom stereocenters. The van der Waals surface area contributed by atoms with Gasteiger partial charge in [0.2, 0.25) is 0 Å². The molecule has 0 saturated heterocycles. The fourth-order valence-corrected chi connectivity index (χ4v) is 3.80. The van der Waals surface area contributed by atoms with Crippen molar-refractivity contribution in [3.8, 4) is 22.6 Å².